The van der Waals surface area contributed by atoms with Crippen LogP contribution in [0.15, 0.2) is 9.85 Å². The molecule has 19 heavy (non-hydrogen) atoms. The number of halogens is 1. The van der Waals surface area contributed by atoms with Gasteiger partial charge in [0, 0.05) is 4.88 Å². The van der Waals surface area contributed by atoms with Gasteiger partial charge >= 0.3 is 0 Å². The van der Waals surface area contributed by atoms with Gasteiger partial charge in [0.15, 0.2) is 11.6 Å². The van der Waals surface area contributed by atoms with Crippen molar-refractivity contribution >= 4 is 38.8 Å². The number of hydrogen-bond donors (Lipinski definition) is 0. The van der Waals surface area contributed by atoms with Crippen LogP contribution in [0.3, 0.4) is 0 Å². The van der Waals surface area contributed by atoms with Gasteiger partial charge in [0.05, 0.1) is 27.8 Å². The van der Waals surface area contributed by atoms with Gasteiger partial charge < -0.3 is 4.74 Å². The van der Waals surface area contributed by atoms with Crippen LogP contribution in [0, 0.1) is 18.8 Å². The van der Waals surface area contributed by atoms with Gasteiger partial charge in [-0.05, 0) is 47.3 Å². The Kier molecular flexibility index (Phi) is 2.57. The van der Waals surface area contributed by atoms with Crippen LogP contribution in [0.4, 0.5) is 0 Å². The summed E-state index contributed by atoms with van der Waals surface area (Å²) in [7, 11) is 0. The second-order valence-corrected chi connectivity index (χ2v) is 8.28. The van der Waals surface area contributed by atoms with Crippen LogP contribution in [0.1, 0.15) is 29.2 Å². The zero-order valence-electron chi connectivity index (χ0n) is 10.4. The van der Waals surface area contributed by atoms with Crippen molar-refractivity contribution in [3.05, 3.63) is 20.3 Å². The Labute approximate surface area is 123 Å². The second kappa shape index (κ2) is 3.99. The van der Waals surface area contributed by atoms with Crippen LogP contribution in [0.2, 0.25) is 0 Å². The molecule has 3 nitrogen and oxygen atoms in total. The van der Waals surface area contributed by atoms with Crippen molar-refractivity contribution in [1.82, 2.24) is 0 Å². The number of ether oxygens (including phenoxy) is 1. The summed E-state index contributed by atoms with van der Waals surface area (Å²) in [6, 6.07) is 1.93. The van der Waals surface area contributed by atoms with Crippen molar-refractivity contribution < 1.29 is 14.3 Å². The number of aryl methyl sites for hydroxylation is 1. The van der Waals surface area contributed by atoms with Gasteiger partial charge in [0.1, 0.15) is 5.92 Å². The van der Waals surface area contributed by atoms with E-state index in [1.54, 1.807) is 11.3 Å². The lowest BCUT2D eigenvalue weighted by atomic mass is 9.81. The lowest BCUT2D eigenvalue weighted by molar-refractivity contribution is -0.127. The van der Waals surface area contributed by atoms with E-state index in [4.69, 9.17) is 4.74 Å². The third kappa shape index (κ3) is 1.52. The van der Waals surface area contributed by atoms with E-state index in [1.807, 2.05) is 13.0 Å². The molecule has 1 saturated carbocycles. The monoisotopic (exact) mass is 340 g/mol. The summed E-state index contributed by atoms with van der Waals surface area (Å²) in [5.74, 6) is -0.695. The van der Waals surface area contributed by atoms with E-state index < -0.39 is 5.92 Å². The second-order valence-electron chi connectivity index (χ2n) is 5.64. The van der Waals surface area contributed by atoms with E-state index in [2.05, 4.69) is 15.9 Å². The van der Waals surface area contributed by atoms with Crippen molar-refractivity contribution in [3.63, 3.8) is 0 Å². The number of hydrogen-bond acceptors (Lipinski definition) is 4. The minimum atomic E-state index is -0.537. The average molecular weight is 341 g/mol. The Morgan fingerprint density at radius 2 is 1.79 bits per heavy atom. The van der Waals surface area contributed by atoms with E-state index in [1.165, 1.54) is 0 Å². The molecular formula is C14H13BrO3S. The Bertz CT molecular complexity index is 566. The molecule has 2 bridgehead atoms. The van der Waals surface area contributed by atoms with Crippen molar-refractivity contribution in [2.45, 2.75) is 37.9 Å². The van der Waals surface area contributed by atoms with Gasteiger partial charge in [-0.2, -0.15) is 0 Å². The standard InChI is InChI=1S/C14H13BrO3S/c1-5-6(4-9(15)19-5)10-13(16)11-7-2-3-8(18-7)12(11)14(10)17/h4,7-8,10-12H,2-3H2,1H3/t7?,8?,10?,11-,12+. The van der Waals surface area contributed by atoms with Crippen LogP contribution in [0.25, 0.3) is 0 Å². The van der Waals surface area contributed by atoms with Crippen LogP contribution >= 0.6 is 27.3 Å². The maximum absolute atomic E-state index is 12.6. The Morgan fingerprint density at radius 3 is 2.26 bits per heavy atom. The molecule has 100 valence electrons. The SMILES string of the molecule is Cc1sc(Br)cc1C1C(=O)[C@@H]2C3CCC(O3)[C@@H]2C1=O. The van der Waals surface area contributed by atoms with E-state index in [0.717, 1.165) is 27.1 Å². The predicted octanol–water partition coefficient (Wildman–Crippen LogP) is 2.85. The molecule has 3 fully saturated rings. The molecule has 0 amide bonds. The Morgan fingerprint density at radius 1 is 1.21 bits per heavy atom. The zero-order valence-corrected chi connectivity index (χ0v) is 12.8. The van der Waals surface area contributed by atoms with Gasteiger partial charge in [0.25, 0.3) is 0 Å². The first-order valence-corrected chi connectivity index (χ1v) is 8.17. The highest BCUT2D eigenvalue weighted by molar-refractivity contribution is 9.11. The number of carbonyl (C=O) groups excluding carboxylic acids is 2. The summed E-state index contributed by atoms with van der Waals surface area (Å²) in [4.78, 5) is 26.3. The van der Waals surface area contributed by atoms with Gasteiger partial charge in [-0.15, -0.1) is 11.3 Å². The molecule has 1 aromatic rings. The largest absolute Gasteiger partial charge is 0.373 e. The van der Waals surface area contributed by atoms with Gasteiger partial charge in [-0.1, -0.05) is 0 Å². The molecule has 1 aliphatic carbocycles. The minimum Gasteiger partial charge on any atom is -0.373 e. The number of Topliss-reactive ketones (excluding diaryl/α,β-unsaturated/α-hetero) is 2. The third-order valence-corrected chi connectivity index (χ3v) is 6.31. The molecule has 4 rings (SSSR count). The highest BCUT2D eigenvalue weighted by atomic mass is 79.9. The number of thiophene rings is 1. The van der Waals surface area contributed by atoms with Crippen molar-refractivity contribution in [1.29, 1.82) is 0 Å². The summed E-state index contributed by atoms with van der Waals surface area (Å²) in [6.07, 6.45) is 1.87. The molecule has 3 heterocycles. The summed E-state index contributed by atoms with van der Waals surface area (Å²) in [5.41, 5.74) is 0.903. The molecule has 0 N–H and O–H groups in total. The number of rotatable bonds is 1. The Balaban J connectivity index is 1.77. The topological polar surface area (TPSA) is 43.4 Å². The van der Waals surface area contributed by atoms with Crippen LogP contribution in [0.5, 0.6) is 0 Å². The van der Waals surface area contributed by atoms with E-state index in [0.29, 0.717) is 0 Å². The van der Waals surface area contributed by atoms with Crippen LogP contribution < -0.4 is 0 Å². The molecule has 5 heteroatoms. The van der Waals surface area contributed by atoms with Gasteiger partial charge in [-0.3, -0.25) is 9.59 Å². The molecule has 3 aliphatic rings. The van der Waals surface area contributed by atoms with E-state index in [9.17, 15) is 9.59 Å². The minimum absolute atomic E-state index is 0.00108. The molecule has 2 saturated heterocycles. The first-order valence-electron chi connectivity index (χ1n) is 6.56. The number of ketones is 2. The molecule has 0 spiro atoms. The van der Waals surface area contributed by atoms with E-state index in [-0.39, 0.29) is 35.6 Å². The zero-order chi connectivity index (χ0) is 13.3. The fraction of sp³-hybridized carbons (Fsp3) is 0.571. The smallest absolute Gasteiger partial charge is 0.154 e. The lowest BCUT2D eigenvalue weighted by Crippen LogP contribution is -2.29. The van der Waals surface area contributed by atoms with Crippen LogP contribution in [-0.4, -0.2) is 23.8 Å². The third-order valence-electron chi connectivity index (χ3n) is 4.74. The van der Waals surface area contributed by atoms with Crippen molar-refractivity contribution in [3.8, 4) is 0 Å². The number of carbonyl (C=O) groups is 2. The highest BCUT2D eigenvalue weighted by Crippen LogP contribution is 2.53. The fourth-order valence-corrected chi connectivity index (χ4v) is 5.73. The average Bonchev–Trinajstić information content (AvgIpc) is 3.06. The predicted molar refractivity (Wildman–Crippen MR) is 74.4 cm³/mol. The van der Waals surface area contributed by atoms with Crippen molar-refractivity contribution in [2.75, 3.05) is 0 Å². The molecule has 0 radical (unpaired) electrons. The maximum atomic E-state index is 12.6. The van der Waals surface area contributed by atoms with Crippen LogP contribution in [-0.2, 0) is 14.3 Å². The lowest BCUT2D eigenvalue weighted by Gasteiger charge is -2.16. The molecule has 2 aliphatic heterocycles. The first-order chi connectivity index (χ1) is 9.08. The van der Waals surface area contributed by atoms with Gasteiger partial charge in [0.2, 0.25) is 0 Å². The summed E-state index contributed by atoms with van der Waals surface area (Å²) >= 11 is 5.02. The summed E-state index contributed by atoms with van der Waals surface area (Å²) in [6.45, 7) is 1.98. The quantitative estimate of drug-likeness (QED) is 0.738. The summed E-state index contributed by atoms with van der Waals surface area (Å²) in [5, 5.41) is 0. The molecule has 1 aromatic heterocycles. The van der Waals surface area contributed by atoms with Gasteiger partial charge in [-0.25, -0.2) is 0 Å². The molecule has 5 atom stereocenters. The van der Waals surface area contributed by atoms with E-state index >= 15 is 0 Å². The number of fused-ring (bicyclic) bond motifs is 5. The molecular weight excluding hydrogens is 328 g/mol. The first kappa shape index (κ1) is 12.2. The Hall–Kier alpha value is -0.520. The molecule has 0 aromatic carbocycles. The molecule has 3 unspecified atom stereocenters. The fourth-order valence-electron chi connectivity index (χ4n) is 3.98. The normalized spacial score (nSPS) is 40.2. The summed E-state index contributed by atoms with van der Waals surface area (Å²) < 4.78 is 6.73. The highest BCUT2D eigenvalue weighted by Gasteiger charge is 2.63. The van der Waals surface area contributed by atoms with Crippen molar-refractivity contribution in [2.24, 2.45) is 11.8 Å². The maximum Gasteiger partial charge on any atom is 0.154 e.